The number of Topliss-reactive ketones (excluding diaryl/α,β-unsaturated/α-hetero) is 1. The second kappa shape index (κ2) is 20.3. The maximum absolute atomic E-state index is 13.7. The van der Waals surface area contributed by atoms with Gasteiger partial charge in [-0.15, -0.1) is 0 Å². The molecule has 0 aliphatic carbocycles. The Morgan fingerprint density at radius 1 is 0.754 bits per heavy atom. The van der Waals surface area contributed by atoms with Gasteiger partial charge in [0.15, 0.2) is 5.78 Å². The van der Waals surface area contributed by atoms with Gasteiger partial charge >= 0.3 is 6.09 Å². The number of nitrogens with one attached hydrogen (secondary N) is 3. The van der Waals surface area contributed by atoms with Gasteiger partial charge in [-0.05, 0) is 86.6 Å². The molecule has 0 unspecified atom stereocenters. The van der Waals surface area contributed by atoms with Crippen molar-refractivity contribution in [2.45, 2.75) is 89.4 Å². The van der Waals surface area contributed by atoms with E-state index in [0.717, 1.165) is 22.3 Å². The van der Waals surface area contributed by atoms with Crippen LogP contribution in [-0.4, -0.2) is 72.4 Å². The minimum Gasteiger partial charge on any atom is -0.497 e. The number of hydrogen-bond donors (Lipinski definition) is 3. The van der Waals surface area contributed by atoms with Crippen LogP contribution in [0, 0.1) is 0 Å². The van der Waals surface area contributed by atoms with Crippen molar-refractivity contribution in [1.82, 2.24) is 20.9 Å². The Bertz CT molecular complexity index is 1920. The van der Waals surface area contributed by atoms with Crippen molar-refractivity contribution >= 4 is 29.6 Å². The second-order valence-electron chi connectivity index (χ2n) is 15.3. The largest absolute Gasteiger partial charge is 0.497 e. The molecule has 1 aliphatic rings. The molecule has 11 heteroatoms. The van der Waals surface area contributed by atoms with Gasteiger partial charge < -0.3 is 30.3 Å². The zero-order valence-corrected chi connectivity index (χ0v) is 33.3. The van der Waals surface area contributed by atoms with Crippen LogP contribution >= 0.6 is 0 Å². The first-order chi connectivity index (χ1) is 27.4. The molecule has 0 aromatic heterocycles. The summed E-state index contributed by atoms with van der Waals surface area (Å²) in [5.74, 6) is -0.505. The lowest BCUT2D eigenvalue weighted by atomic mass is 9.91. The number of carbonyl (C=O) groups excluding carboxylic acids is 5. The van der Waals surface area contributed by atoms with E-state index in [2.05, 4.69) is 16.0 Å². The third-order valence-electron chi connectivity index (χ3n) is 9.96. The molecule has 1 heterocycles. The van der Waals surface area contributed by atoms with E-state index < -0.39 is 23.8 Å². The Hall–Kier alpha value is -5.97. The number of hydrogen-bond acceptors (Lipinski definition) is 7. The summed E-state index contributed by atoms with van der Waals surface area (Å²) in [5.41, 5.74) is 3.82. The van der Waals surface area contributed by atoms with Crippen LogP contribution in [0.15, 0.2) is 109 Å². The fraction of sp³-hybridized carbons (Fsp3) is 0.370. The Labute approximate surface area is 335 Å². The van der Waals surface area contributed by atoms with E-state index in [1.165, 1.54) is 0 Å². The molecule has 5 rings (SSSR count). The number of ether oxygens (including phenoxy) is 2. The first kappa shape index (κ1) is 42.2. The van der Waals surface area contributed by atoms with Gasteiger partial charge in [0.2, 0.25) is 17.7 Å². The maximum atomic E-state index is 13.7. The van der Waals surface area contributed by atoms with Crippen LogP contribution in [0.1, 0.15) is 91.4 Å². The molecule has 2 atom stereocenters. The van der Waals surface area contributed by atoms with Crippen molar-refractivity contribution < 1.29 is 33.4 Å². The van der Waals surface area contributed by atoms with Crippen LogP contribution in [0.5, 0.6) is 5.75 Å². The van der Waals surface area contributed by atoms with Crippen molar-refractivity contribution in [3.63, 3.8) is 0 Å². The molecular formula is C46H54N4O7. The number of fused-ring (bicyclic) bond motifs is 1. The maximum Gasteiger partial charge on any atom is 0.408 e. The molecule has 300 valence electrons. The van der Waals surface area contributed by atoms with Crippen molar-refractivity contribution in [1.29, 1.82) is 0 Å². The van der Waals surface area contributed by atoms with Crippen molar-refractivity contribution in [3.8, 4) is 5.75 Å². The second-order valence-corrected chi connectivity index (χ2v) is 15.3. The average Bonchev–Trinajstić information content (AvgIpc) is 3.21. The van der Waals surface area contributed by atoms with E-state index in [4.69, 9.17) is 9.47 Å². The number of ketones is 1. The molecule has 4 amide bonds. The number of amides is 4. The highest BCUT2D eigenvalue weighted by molar-refractivity contribution is 5.98. The van der Waals surface area contributed by atoms with E-state index in [1.54, 1.807) is 57.0 Å². The summed E-state index contributed by atoms with van der Waals surface area (Å²) >= 11 is 0. The van der Waals surface area contributed by atoms with E-state index in [0.29, 0.717) is 50.1 Å². The lowest BCUT2D eigenvalue weighted by molar-refractivity contribution is -0.141. The van der Waals surface area contributed by atoms with Gasteiger partial charge in [0.05, 0.1) is 7.11 Å². The molecule has 0 radical (unpaired) electrons. The normalized spacial score (nSPS) is 14.2. The van der Waals surface area contributed by atoms with E-state index in [1.807, 2.05) is 84.9 Å². The van der Waals surface area contributed by atoms with E-state index in [9.17, 15) is 24.0 Å². The third-order valence-corrected chi connectivity index (χ3v) is 9.96. The molecule has 11 nitrogen and oxygen atoms in total. The van der Waals surface area contributed by atoms with Gasteiger partial charge in [-0.1, -0.05) is 84.9 Å². The summed E-state index contributed by atoms with van der Waals surface area (Å²) in [4.78, 5) is 68.3. The minimum atomic E-state index is -0.869. The minimum absolute atomic E-state index is 0.0168. The number of methoxy groups -OCH3 is 1. The fourth-order valence-electron chi connectivity index (χ4n) is 6.95. The molecule has 0 saturated carbocycles. The Kier molecular flexibility index (Phi) is 15.0. The Balaban J connectivity index is 1.18. The number of unbranched alkanes of at least 4 members (excludes halogenated alkanes) is 1. The number of rotatable bonds is 17. The molecule has 0 bridgehead atoms. The number of nitrogens with zero attached hydrogens (tertiary/aromatic N) is 1. The number of alkyl carbamates (subject to hydrolysis) is 1. The highest BCUT2D eigenvalue weighted by Crippen LogP contribution is 2.26. The Morgan fingerprint density at radius 2 is 1.37 bits per heavy atom. The van der Waals surface area contributed by atoms with Gasteiger partial charge in [-0.3, -0.25) is 19.2 Å². The molecule has 1 aliphatic heterocycles. The molecular weight excluding hydrogens is 721 g/mol. The van der Waals surface area contributed by atoms with Gasteiger partial charge in [0.1, 0.15) is 23.4 Å². The van der Waals surface area contributed by atoms with Crippen molar-refractivity contribution in [3.05, 3.63) is 137 Å². The summed E-state index contributed by atoms with van der Waals surface area (Å²) in [7, 11) is 1.55. The summed E-state index contributed by atoms with van der Waals surface area (Å²) in [5, 5.41) is 8.82. The van der Waals surface area contributed by atoms with Crippen LogP contribution in [0.3, 0.4) is 0 Å². The molecule has 4 aromatic carbocycles. The Morgan fingerprint density at radius 3 is 1.98 bits per heavy atom. The smallest absolute Gasteiger partial charge is 0.408 e. The first-order valence-corrected chi connectivity index (χ1v) is 19.6. The zero-order chi connectivity index (χ0) is 40.8. The molecule has 3 N–H and O–H groups in total. The predicted octanol–water partition coefficient (Wildman–Crippen LogP) is 6.74. The molecule has 4 aromatic rings. The monoisotopic (exact) mass is 774 g/mol. The van der Waals surface area contributed by atoms with E-state index in [-0.39, 0.29) is 48.8 Å². The first-order valence-electron chi connectivity index (χ1n) is 19.6. The summed E-state index contributed by atoms with van der Waals surface area (Å²) in [6.07, 6.45) is 1.01. The standard InChI is InChI=1S/C46H54N4O7/c1-46(2,3)57-45(55)49-39(43(53)48-30-38(32-15-7-5-8-16-32)33-17-9-6-10-18-33)21-13-14-28-47-44(54)40-29-35-19-11-12-20-36(35)31-50(40)42(52)27-26-41(51)34-22-24-37(56-4)25-23-34/h5-12,15-20,22-25,38-40H,13-14,21,26-31H2,1-4H3,(H,47,54)(H,48,53)(H,49,55)/t39-,40-/m0/s1. The van der Waals surface area contributed by atoms with Crippen molar-refractivity contribution in [2.75, 3.05) is 20.2 Å². The van der Waals surface area contributed by atoms with Crippen LogP contribution in [0.4, 0.5) is 4.79 Å². The average molecular weight is 775 g/mol. The lowest BCUT2D eigenvalue weighted by Gasteiger charge is -2.36. The van der Waals surface area contributed by atoms with Gasteiger partial charge in [0, 0.05) is 50.4 Å². The van der Waals surface area contributed by atoms with E-state index >= 15 is 0 Å². The predicted molar refractivity (Wildman–Crippen MR) is 219 cm³/mol. The molecule has 0 saturated heterocycles. The van der Waals surface area contributed by atoms with Crippen LogP contribution in [-0.2, 0) is 32.1 Å². The third kappa shape index (κ3) is 12.5. The number of benzene rings is 4. The topological polar surface area (TPSA) is 143 Å². The van der Waals surface area contributed by atoms with Gasteiger partial charge in [0.25, 0.3) is 0 Å². The van der Waals surface area contributed by atoms with Crippen LogP contribution in [0.2, 0.25) is 0 Å². The lowest BCUT2D eigenvalue weighted by Crippen LogP contribution is -2.52. The van der Waals surface area contributed by atoms with Gasteiger partial charge in [-0.2, -0.15) is 0 Å². The summed E-state index contributed by atoms with van der Waals surface area (Å²) < 4.78 is 10.7. The fourth-order valence-corrected chi connectivity index (χ4v) is 6.95. The molecule has 0 spiro atoms. The van der Waals surface area contributed by atoms with Crippen molar-refractivity contribution in [2.24, 2.45) is 0 Å². The van der Waals surface area contributed by atoms with Crippen LogP contribution < -0.4 is 20.7 Å². The zero-order valence-electron chi connectivity index (χ0n) is 33.3. The molecule has 57 heavy (non-hydrogen) atoms. The van der Waals surface area contributed by atoms with Gasteiger partial charge in [-0.25, -0.2) is 4.79 Å². The van der Waals surface area contributed by atoms with Crippen LogP contribution in [0.25, 0.3) is 0 Å². The quantitative estimate of drug-likeness (QED) is 0.0797. The highest BCUT2D eigenvalue weighted by Gasteiger charge is 2.34. The number of carbonyl (C=O) groups is 5. The summed E-state index contributed by atoms with van der Waals surface area (Å²) in [6.45, 7) is 6.18. The highest BCUT2D eigenvalue weighted by atomic mass is 16.6. The summed E-state index contributed by atoms with van der Waals surface area (Å²) in [6, 6.07) is 32.8. The SMILES string of the molecule is COc1ccc(C(=O)CCC(=O)N2Cc3ccccc3C[C@H]2C(=O)NCCCC[C@H](NC(=O)OC(C)(C)C)C(=O)NCC(c2ccccc2)c2ccccc2)cc1. The molecule has 0 fully saturated rings.